The van der Waals surface area contributed by atoms with Gasteiger partial charge in [-0.3, -0.25) is 0 Å². The van der Waals surface area contributed by atoms with Crippen molar-refractivity contribution in [3.8, 4) is 0 Å². The highest BCUT2D eigenvalue weighted by Gasteiger charge is 2.33. The predicted molar refractivity (Wildman–Crippen MR) is 132 cm³/mol. The van der Waals surface area contributed by atoms with E-state index >= 15 is 0 Å². The Morgan fingerprint density at radius 2 is 1.69 bits per heavy atom. The van der Waals surface area contributed by atoms with Crippen molar-refractivity contribution < 1.29 is 30.4 Å². The maximum atomic E-state index is 14.8. The van der Waals surface area contributed by atoms with Crippen LogP contribution in [0.5, 0.6) is 0 Å². The Balaban J connectivity index is 2.00. The number of hydrogen-bond acceptors (Lipinski definition) is 5. The van der Waals surface area contributed by atoms with Gasteiger partial charge in [-0.15, -0.1) is 0 Å². The van der Waals surface area contributed by atoms with Crippen molar-refractivity contribution in [3.05, 3.63) is 88.0 Å². The molecule has 1 heterocycles. The summed E-state index contributed by atoms with van der Waals surface area (Å²) in [6, 6.07) is 12.9. The molecule has 0 fully saturated rings. The van der Waals surface area contributed by atoms with Crippen molar-refractivity contribution in [1.29, 1.82) is 0 Å². The highest BCUT2D eigenvalue weighted by Crippen LogP contribution is 2.36. The number of hydrogen-bond donors (Lipinski definition) is 0. The summed E-state index contributed by atoms with van der Waals surface area (Å²) in [5, 5.41) is 0.173. The summed E-state index contributed by atoms with van der Waals surface area (Å²) >= 11 is 8.94. The molecule has 0 N–H and O–H groups in total. The van der Waals surface area contributed by atoms with Gasteiger partial charge in [0.05, 0.1) is 20.6 Å². The second-order valence-electron chi connectivity index (χ2n) is 7.26. The molecule has 184 valence electrons. The van der Waals surface area contributed by atoms with Gasteiger partial charge >= 0.3 is 0 Å². The fourth-order valence-corrected chi connectivity index (χ4v) is 6.96. The fourth-order valence-electron chi connectivity index (χ4n) is 3.46. The lowest BCUT2D eigenvalue weighted by Gasteiger charge is -2.24. The zero-order chi connectivity index (χ0) is 25.5. The molecule has 0 spiro atoms. The van der Waals surface area contributed by atoms with Gasteiger partial charge in [0, 0.05) is 29.8 Å². The molecule has 0 bridgehead atoms. The molecule has 0 unspecified atom stereocenters. The van der Waals surface area contributed by atoms with Crippen LogP contribution in [0.25, 0.3) is 10.9 Å². The van der Waals surface area contributed by atoms with Gasteiger partial charge in [-0.2, -0.15) is 0 Å². The SMILES string of the molecule is COCN(c1cc(F)c(Br)cc1F)S(=O)(=O)c1cn(S(=O)(=O)c2ccccc2)c2cc(Cl)ccc12. The van der Waals surface area contributed by atoms with Crippen LogP contribution in [0.2, 0.25) is 5.02 Å². The van der Waals surface area contributed by atoms with Gasteiger partial charge in [-0.1, -0.05) is 29.8 Å². The largest absolute Gasteiger partial charge is 0.363 e. The summed E-state index contributed by atoms with van der Waals surface area (Å²) in [7, 11) is -7.73. The molecule has 0 aliphatic heterocycles. The van der Waals surface area contributed by atoms with Crippen LogP contribution >= 0.6 is 27.5 Å². The molecule has 0 aliphatic carbocycles. The van der Waals surface area contributed by atoms with Crippen LogP contribution < -0.4 is 4.31 Å². The quantitative estimate of drug-likeness (QED) is 0.209. The lowest BCUT2D eigenvalue weighted by molar-refractivity contribution is 0.209. The van der Waals surface area contributed by atoms with Crippen LogP contribution in [0.3, 0.4) is 0 Å². The summed E-state index contributed by atoms with van der Waals surface area (Å²) < 4.78 is 89.3. The van der Waals surface area contributed by atoms with Crippen LogP contribution in [-0.4, -0.2) is 34.6 Å². The maximum Gasteiger partial charge on any atom is 0.268 e. The zero-order valence-corrected chi connectivity index (χ0v) is 21.8. The van der Waals surface area contributed by atoms with E-state index < -0.39 is 49.0 Å². The molecule has 1 aromatic heterocycles. The van der Waals surface area contributed by atoms with Crippen LogP contribution in [0.4, 0.5) is 14.5 Å². The normalized spacial score (nSPS) is 12.3. The van der Waals surface area contributed by atoms with Crippen molar-refractivity contribution in [3.63, 3.8) is 0 Å². The molecule has 0 atom stereocenters. The smallest absolute Gasteiger partial charge is 0.268 e. The number of anilines is 1. The van der Waals surface area contributed by atoms with E-state index in [1.54, 1.807) is 6.07 Å². The summed E-state index contributed by atoms with van der Waals surface area (Å²) in [5.74, 6) is -1.94. The van der Waals surface area contributed by atoms with Crippen molar-refractivity contribution >= 4 is 64.2 Å². The fraction of sp³-hybridized carbons (Fsp3) is 0.0909. The number of fused-ring (bicyclic) bond motifs is 1. The zero-order valence-electron chi connectivity index (χ0n) is 17.8. The number of nitrogens with zero attached hydrogens (tertiary/aromatic N) is 2. The average molecular weight is 606 g/mol. The maximum absolute atomic E-state index is 14.8. The van der Waals surface area contributed by atoms with E-state index in [0.717, 1.165) is 16.2 Å². The van der Waals surface area contributed by atoms with Gasteiger partial charge in [0.2, 0.25) is 0 Å². The molecule has 3 aromatic carbocycles. The molecule has 0 saturated heterocycles. The molecule has 13 heteroatoms. The minimum Gasteiger partial charge on any atom is -0.363 e. The predicted octanol–water partition coefficient (Wildman–Crippen LogP) is 5.37. The third-order valence-electron chi connectivity index (χ3n) is 5.07. The Morgan fingerprint density at radius 3 is 2.34 bits per heavy atom. The summed E-state index contributed by atoms with van der Waals surface area (Å²) in [5.41, 5.74) is -0.631. The van der Waals surface area contributed by atoms with Crippen molar-refractivity contribution in [1.82, 2.24) is 3.97 Å². The highest BCUT2D eigenvalue weighted by molar-refractivity contribution is 9.10. The second kappa shape index (κ2) is 9.51. The Kier molecular flexibility index (Phi) is 6.95. The number of benzene rings is 3. The van der Waals surface area contributed by atoms with Crippen LogP contribution in [0.1, 0.15) is 0 Å². The van der Waals surface area contributed by atoms with E-state index in [2.05, 4.69) is 15.9 Å². The Morgan fingerprint density at radius 1 is 1.00 bits per heavy atom. The number of methoxy groups -OCH3 is 1. The average Bonchev–Trinajstić information content (AvgIpc) is 3.21. The number of halogens is 4. The van der Waals surface area contributed by atoms with Crippen molar-refractivity contribution in [2.24, 2.45) is 0 Å². The third kappa shape index (κ3) is 4.56. The van der Waals surface area contributed by atoms with Gasteiger partial charge < -0.3 is 4.74 Å². The molecule has 4 rings (SSSR count). The topological polar surface area (TPSA) is 85.7 Å². The molecule has 35 heavy (non-hydrogen) atoms. The van der Waals surface area contributed by atoms with Gasteiger partial charge in [0.15, 0.2) is 0 Å². The van der Waals surface area contributed by atoms with Crippen molar-refractivity contribution in [2.45, 2.75) is 9.79 Å². The lowest BCUT2D eigenvalue weighted by Crippen LogP contribution is -2.33. The van der Waals surface area contributed by atoms with Gasteiger partial charge in [-0.05, 0) is 52.3 Å². The van der Waals surface area contributed by atoms with Gasteiger partial charge in [0.1, 0.15) is 23.3 Å². The molecule has 0 amide bonds. The first-order valence-electron chi connectivity index (χ1n) is 9.76. The van der Waals surface area contributed by atoms with Gasteiger partial charge in [0.25, 0.3) is 20.0 Å². The minimum absolute atomic E-state index is 0.00741. The molecule has 0 aliphatic rings. The van der Waals surface area contributed by atoms with E-state index in [9.17, 15) is 25.6 Å². The summed E-state index contributed by atoms with van der Waals surface area (Å²) in [4.78, 5) is -0.556. The van der Waals surface area contributed by atoms with Gasteiger partial charge in [-0.25, -0.2) is 33.9 Å². The molecule has 4 aromatic rings. The molecule has 7 nitrogen and oxygen atoms in total. The standard InChI is InChI=1S/C22H16BrClF2N2O5S2/c1-33-13-28(21-11-18(25)17(23)10-19(21)26)35(31,32)22-12-27(20-9-14(24)7-8-16(20)22)34(29,30)15-5-3-2-4-6-15/h2-12H,13H2,1H3. The van der Waals surface area contributed by atoms with E-state index in [1.807, 2.05) is 0 Å². The van der Waals surface area contributed by atoms with E-state index in [-0.39, 0.29) is 25.3 Å². The number of ether oxygens (including phenoxy) is 1. The minimum atomic E-state index is -4.67. The van der Waals surface area contributed by atoms with Crippen LogP contribution in [0, 0.1) is 11.6 Å². The molecule has 0 saturated carbocycles. The molecular formula is C22H16BrClF2N2O5S2. The summed E-state index contributed by atoms with van der Waals surface area (Å²) in [6.07, 6.45) is 0.911. The molecular weight excluding hydrogens is 590 g/mol. The monoisotopic (exact) mass is 604 g/mol. The lowest BCUT2D eigenvalue weighted by atomic mass is 10.2. The Labute approximate surface area is 213 Å². The Bertz CT molecular complexity index is 1650. The van der Waals surface area contributed by atoms with E-state index in [4.69, 9.17) is 16.3 Å². The third-order valence-corrected chi connectivity index (χ3v) is 9.36. The van der Waals surface area contributed by atoms with Crippen molar-refractivity contribution in [2.75, 3.05) is 18.1 Å². The first-order chi connectivity index (χ1) is 16.5. The van der Waals surface area contributed by atoms with Crippen LogP contribution in [0.15, 0.2) is 81.1 Å². The van der Waals surface area contributed by atoms with E-state index in [0.29, 0.717) is 10.4 Å². The summed E-state index contributed by atoms with van der Waals surface area (Å²) in [6.45, 7) is -0.675. The highest BCUT2D eigenvalue weighted by atomic mass is 79.9. The Hall–Kier alpha value is -2.51. The van der Waals surface area contributed by atoms with E-state index in [1.165, 1.54) is 49.6 Å². The van der Waals surface area contributed by atoms with Crippen LogP contribution in [-0.2, 0) is 24.8 Å². The number of sulfonamides is 1. The second-order valence-corrected chi connectivity index (χ2v) is 12.2. The first kappa shape index (κ1) is 25.6. The first-order valence-corrected chi connectivity index (χ1v) is 13.8. The number of aromatic nitrogens is 1. The number of rotatable bonds is 7. The molecule has 0 radical (unpaired) electrons.